The molecule has 0 radical (unpaired) electrons. The van der Waals surface area contributed by atoms with Crippen molar-refractivity contribution in [1.29, 1.82) is 0 Å². The van der Waals surface area contributed by atoms with Gasteiger partial charge < -0.3 is 5.32 Å². The molecule has 2 heteroatoms. The summed E-state index contributed by atoms with van der Waals surface area (Å²) in [6.07, 6.45) is 7.69. The predicted octanol–water partition coefficient (Wildman–Crippen LogP) is 3.54. The van der Waals surface area contributed by atoms with Crippen molar-refractivity contribution in [3.63, 3.8) is 0 Å². The highest BCUT2D eigenvalue weighted by Crippen LogP contribution is 2.28. The summed E-state index contributed by atoms with van der Waals surface area (Å²) >= 11 is 1.96. The van der Waals surface area contributed by atoms with E-state index in [2.05, 4.69) is 32.3 Å². The van der Waals surface area contributed by atoms with Crippen LogP contribution in [0.1, 0.15) is 46.5 Å². The average molecular weight is 229 g/mol. The molecule has 1 aliphatic rings. The van der Waals surface area contributed by atoms with Crippen molar-refractivity contribution in [1.82, 2.24) is 5.32 Å². The van der Waals surface area contributed by atoms with E-state index in [0.717, 1.165) is 23.9 Å². The van der Waals surface area contributed by atoms with Gasteiger partial charge in [-0.1, -0.05) is 27.2 Å². The van der Waals surface area contributed by atoms with Crippen LogP contribution in [-0.2, 0) is 0 Å². The van der Waals surface area contributed by atoms with E-state index >= 15 is 0 Å². The van der Waals surface area contributed by atoms with Gasteiger partial charge in [-0.3, -0.25) is 0 Å². The highest BCUT2D eigenvalue weighted by atomic mass is 32.2. The molecule has 1 saturated carbocycles. The van der Waals surface area contributed by atoms with Crippen LogP contribution in [0, 0.1) is 11.8 Å². The lowest BCUT2D eigenvalue weighted by molar-refractivity contribution is 0.215. The summed E-state index contributed by atoms with van der Waals surface area (Å²) in [4.78, 5) is 0. The van der Waals surface area contributed by atoms with E-state index < -0.39 is 0 Å². The van der Waals surface area contributed by atoms with E-state index in [9.17, 15) is 0 Å². The molecule has 4 unspecified atom stereocenters. The van der Waals surface area contributed by atoms with Crippen LogP contribution in [0.15, 0.2) is 0 Å². The lowest BCUT2D eigenvalue weighted by Gasteiger charge is -2.36. The van der Waals surface area contributed by atoms with Crippen molar-refractivity contribution in [3.05, 3.63) is 0 Å². The smallest absolute Gasteiger partial charge is 0.0158 e. The Hall–Kier alpha value is 0.310. The minimum absolute atomic E-state index is 0.720. The summed E-state index contributed by atoms with van der Waals surface area (Å²) < 4.78 is 0. The minimum atomic E-state index is 0.720. The van der Waals surface area contributed by atoms with Gasteiger partial charge in [0, 0.05) is 17.8 Å². The maximum atomic E-state index is 3.87. The summed E-state index contributed by atoms with van der Waals surface area (Å²) in [5.41, 5.74) is 0. The predicted molar refractivity (Wildman–Crippen MR) is 71.6 cm³/mol. The molecule has 15 heavy (non-hydrogen) atoms. The fourth-order valence-electron chi connectivity index (χ4n) is 2.55. The van der Waals surface area contributed by atoms with Crippen molar-refractivity contribution in [3.8, 4) is 0 Å². The third-order valence-electron chi connectivity index (χ3n) is 3.77. The molecule has 0 saturated heterocycles. The van der Waals surface area contributed by atoms with Crippen molar-refractivity contribution >= 4 is 11.8 Å². The first-order valence-corrected chi connectivity index (χ1v) is 7.81. The molecule has 1 rings (SSSR count). The maximum Gasteiger partial charge on any atom is 0.0158 e. The molecule has 1 N–H and O–H groups in total. The lowest BCUT2D eigenvalue weighted by atomic mass is 9.80. The Morgan fingerprint density at radius 3 is 2.67 bits per heavy atom. The van der Waals surface area contributed by atoms with Crippen molar-refractivity contribution in [2.75, 3.05) is 12.0 Å². The molecule has 0 amide bonds. The zero-order valence-electron chi connectivity index (χ0n) is 10.8. The Morgan fingerprint density at radius 2 is 2.07 bits per heavy atom. The van der Waals surface area contributed by atoms with E-state index in [1.54, 1.807) is 0 Å². The zero-order valence-corrected chi connectivity index (χ0v) is 11.6. The Kier molecular flexibility index (Phi) is 6.06. The van der Waals surface area contributed by atoms with Gasteiger partial charge in [0.15, 0.2) is 0 Å². The van der Waals surface area contributed by atoms with Crippen LogP contribution in [0.2, 0.25) is 0 Å². The van der Waals surface area contributed by atoms with Crippen LogP contribution in [0.3, 0.4) is 0 Å². The zero-order chi connectivity index (χ0) is 11.3. The van der Waals surface area contributed by atoms with E-state index in [1.165, 1.54) is 31.4 Å². The number of nitrogens with one attached hydrogen (secondary N) is 1. The SMILES string of the molecule is CCC(CSC)NC1CC(C)CCC1C. The Labute approximate surface area is 99.8 Å². The van der Waals surface area contributed by atoms with Gasteiger partial charge >= 0.3 is 0 Å². The first-order chi connectivity index (χ1) is 7.17. The highest BCUT2D eigenvalue weighted by molar-refractivity contribution is 7.98. The Morgan fingerprint density at radius 1 is 1.33 bits per heavy atom. The van der Waals surface area contributed by atoms with Gasteiger partial charge in [0.2, 0.25) is 0 Å². The van der Waals surface area contributed by atoms with Crippen LogP contribution in [0.5, 0.6) is 0 Å². The monoisotopic (exact) mass is 229 g/mol. The van der Waals surface area contributed by atoms with Gasteiger partial charge in [0.05, 0.1) is 0 Å². The molecule has 0 aromatic carbocycles. The third kappa shape index (κ3) is 4.36. The molecule has 0 bridgehead atoms. The van der Waals surface area contributed by atoms with Gasteiger partial charge in [-0.2, -0.15) is 11.8 Å². The van der Waals surface area contributed by atoms with Crippen LogP contribution in [0.4, 0.5) is 0 Å². The second-order valence-electron chi connectivity index (χ2n) is 5.23. The normalized spacial score (nSPS) is 34.0. The van der Waals surface area contributed by atoms with Gasteiger partial charge in [-0.25, -0.2) is 0 Å². The molecule has 0 aromatic rings. The molecular formula is C13H27NS. The maximum absolute atomic E-state index is 3.87. The van der Waals surface area contributed by atoms with Crippen molar-refractivity contribution < 1.29 is 0 Å². The largest absolute Gasteiger partial charge is 0.310 e. The molecule has 90 valence electrons. The molecule has 0 spiro atoms. The summed E-state index contributed by atoms with van der Waals surface area (Å²) in [6.45, 7) is 7.11. The number of thioether (sulfide) groups is 1. The lowest BCUT2D eigenvalue weighted by Crippen LogP contribution is -2.45. The molecular weight excluding hydrogens is 202 g/mol. The second-order valence-corrected chi connectivity index (χ2v) is 6.14. The first kappa shape index (κ1) is 13.4. The fraction of sp³-hybridized carbons (Fsp3) is 1.00. The molecule has 0 heterocycles. The fourth-order valence-corrected chi connectivity index (χ4v) is 3.29. The van der Waals surface area contributed by atoms with E-state index in [0.29, 0.717) is 0 Å². The highest BCUT2D eigenvalue weighted by Gasteiger charge is 2.26. The van der Waals surface area contributed by atoms with Crippen LogP contribution < -0.4 is 5.32 Å². The summed E-state index contributed by atoms with van der Waals surface area (Å²) in [7, 11) is 0. The van der Waals surface area contributed by atoms with Crippen LogP contribution >= 0.6 is 11.8 Å². The van der Waals surface area contributed by atoms with Crippen LogP contribution in [0.25, 0.3) is 0 Å². The van der Waals surface area contributed by atoms with Gasteiger partial charge in [-0.05, 0) is 37.4 Å². The summed E-state index contributed by atoms with van der Waals surface area (Å²) in [5, 5.41) is 3.87. The van der Waals surface area contributed by atoms with E-state index in [4.69, 9.17) is 0 Å². The molecule has 0 aromatic heterocycles. The van der Waals surface area contributed by atoms with Crippen molar-refractivity contribution in [2.24, 2.45) is 11.8 Å². The van der Waals surface area contributed by atoms with Gasteiger partial charge in [0.25, 0.3) is 0 Å². The Bertz CT molecular complexity index is 172. The van der Waals surface area contributed by atoms with Gasteiger partial charge in [0.1, 0.15) is 0 Å². The second kappa shape index (κ2) is 6.80. The van der Waals surface area contributed by atoms with Crippen LogP contribution in [-0.4, -0.2) is 24.1 Å². The molecule has 0 aliphatic heterocycles. The summed E-state index contributed by atoms with van der Waals surface area (Å²) in [6, 6.07) is 1.49. The average Bonchev–Trinajstić information content (AvgIpc) is 2.22. The quantitative estimate of drug-likeness (QED) is 0.774. The number of hydrogen-bond donors (Lipinski definition) is 1. The number of hydrogen-bond acceptors (Lipinski definition) is 2. The van der Waals surface area contributed by atoms with E-state index in [1.807, 2.05) is 11.8 Å². The first-order valence-electron chi connectivity index (χ1n) is 6.42. The summed E-state index contributed by atoms with van der Waals surface area (Å²) in [5.74, 6) is 3.05. The number of rotatable bonds is 5. The van der Waals surface area contributed by atoms with Crippen molar-refractivity contribution in [2.45, 2.75) is 58.5 Å². The molecule has 1 aliphatic carbocycles. The van der Waals surface area contributed by atoms with Gasteiger partial charge in [-0.15, -0.1) is 0 Å². The third-order valence-corrected chi connectivity index (χ3v) is 4.50. The minimum Gasteiger partial charge on any atom is -0.310 e. The Balaban J connectivity index is 2.39. The standard InChI is InChI=1S/C13H27NS/c1-5-12(9-15-4)14-13-8-10(2)6-7-11(13)3/h10-14H,5-9H2,1-4H3. The topological polar surface area (TPSA) is 12.0 Å². The molecule has 1 nitrogen and oxygen atoms in total. The van der Waals surface area contributed by atoms with E-state index in [-0.39, 0.29) is 0 Å². The molecule has 1 fully saturated rings. The molecule has 4 atom stereocenters.